The minimum Gasteiger partial charge on any atom is -0.370 e. The van der Waals surface area contributed by atoms with Gasteiger partial charge < -0.3 is 11.1 Å². The maximum Gasteiger partial charge on any atom is 0.219 e. The number of carbonyl (C=O) groups is 1. The van der Waals surface area contributed by atoms with Crippen LogP contribution in [-0.4, -0.2) is 12.5 Å². The molecular weight excluding hydrogens is 224 g/mol. The molecule has 1 aliphatic carbocycles. The highest BCUT2D eigenvalue weighted by atomic mass is 16.1. The number of carbonyl (C=O) groups excluding carboxylic acids is 1. The van der Waals surface area contributed by atoms with Gasteiger partial charge in [-0.3, -0.25) is 4.79 Å². The van der Waals surface area contributed by atoms with E-state index in [4.69, 9.17) is 5.73 Å². The van der Waals surface area contributed by atoms with Crippen LogP contribution in [0.5, 0.6) is 0 Å². The molecule has 0 saturated heterocycles. The molecular formula is C15H22N2O. The zero-order chi connectivity index (χ0) is 13.0. The summed E-state index contributed by atoms with van der Waals surface area (Å²) < 4.78 is 0. The lowest BCUT2D eigenvalue weighted by Gasteiger charge is -2.17. The summed E-state index contributed by atoms with van der Waals surface area (Å²) in [7, 11) is 0. The van der Waals surface area contributed by atoms with E-state index in [1.54, 1.807) is 0 Å². The lowest BCUT2D eigenvalue weighted by Crippen LogP contribution is -2.27. The van der Waals surface area contributed by atoms with Gasteiger partial charge in [-0.1, -0.05) is 31.2 Å². The van der Waals surface area contributed by atoms with E-state index in [1.807, 2.05) is 0 Å². The summed E-state index contributed by atoms with van der Waals surface area (Å²) in [6.45, 7) is 3.02. The number of rotatable bonds is 7. The van der Waals surface area contributed by atoms with Crippen molar-refractivity contribution < 1.29 is 4.79 Å². The van der Waals surface area contributed by atoms with Crippen molar-refractivity contribution in [2.45, 2.75) is 44.6 Å². The van der Waals surface area contributed by atoms with Crippen LogP contribution in [0.25, 0.3) is 0 Å². The SMILES string of the molecule is CCCNC(CC(N)=O)c1ccc(C2CC2)cc1. The summed E-state index contributed by atoms with van der Waals surface area (Å²) in [5.74, 6) is 0.520. The van der Waals surface area contributed by atoms with Crippen LogP contribution in [0, 0.1) is 0 Å². The van der Waals surface area contributed by atoms with Gasteiger partial charge in [0.15, 0.2) is 0 Å². The predicted molar refractivity (Wildman–Crippen MR) is 73.3 cm³/mol. The zero-order valence-electron chi connectivity index (χ0n) is 11.0. The monoisotopic (exact) mass is 246 g/mol. The van der Waals surface area contributed by atoms with E-state index >= 15 is 0 Å². The molecule has 3 nitrogen and oxygen atoms in total. The van der Waals surface area contributed by atoms with Gasteiger partial charge in [0, 0.05) is 12.5 Å². The molecule has 0 bridgehead atoms. The third-order valence-electron chi connectivity index (χ3n) is 3.43. The average molecular weight is 246 g/mol. The zero-order valence-corrected chi connectivity index (χ0v) is 11.0. The molecule has 3 N–H and O–H groups in total. The second-order valence-electron chi connectivity index (χ2n) is 5.12. The molecule has 1 saturated carbocycles. The van der Waals surface area contributed by atoms with Crippen molar-refractivity contribution in [2.24, 2.45) is 5.73 Å². The molecule has 0 heterocycles. The highest BCUT2D eigenvalue weighted by molar-refractivity contribution is 5.74. The van der Waals surface area contributed by atoms with Gasteiger partial charge in [0.1, 0.15) is 0 Å². The highest BCUT2D eigenvalue weighted by Gasteiger charge is 2.23. The minimum atomic E-state index is -0.255. The number of primary amides is 1. The van der Waals surface area contributed by atoms with Gasteiger partial charge in [-0.2, -0.15) is 0 Å². The van der Waals surface area contributed by atoms with Crippen LogP contribution in [0.3, 0.4) is 0 Å². The Labute approximate surface area is 109 Å². The molecule has 0 spiro atoms. The molecule has 1 unspecified atom stereocenters. The van der Waals surface area contributed by atoms with Gasteiger partial charge in [0.25, 0.3) is 0 Å². The van der Waals surface area contributed by atoms with E-state index in [0.29, 0.717) is 6.42 Å². The van der Waals surface area contributed by atoms with Gasteiger partial charge >= 0.3 is 0 Å². The van der Waals surface area contributed by atoms with Crippen molar-refractivity contribution in [3.8, 4) is 0 Å². The molecule has 0 aromatic heterocycles. The van der Waals surface area contributed by atoms with E-state index in [0.717, 1.165) is 24.4 Å². The van der Waals surface area contributed by atoms with Gasteiger partial charge in [0.05, 0.1) is 0 Å². The molecule has 1 fully saturated rings. The Morgan fingerprint density at radius 2 is 2.06 bits per heavy atom. The van der Waals surface area contributed by atoms with Crippen molar-refractivity contribution in [1.29, 1.82) is 0 Å². The lowest BCUT2D eigenvalue weighted by atomic mass is 10.0. The first-order chi connectivity index (χ1) is 8.70. The van der Waals surface area contributed by atoms with Gasteiger partial charge in [-0.15, -0.1) is 0 Å². The van der Waals surface area contributed by atoms with Crippen molar-refractivity contribution in [3.05, 3.63) is 35.4 Å². The maximum absolute atomic E-state index is 11.1. The van der Waals surface area contributed by atoms with Gasteiger partial charge in [0.2, 0.25) is 5.91 Å². The molecule has 0 aliphatic heterocycles. The summed E-state index contributed by atoms with van der Waals surface area (Å²) >= 11 is 0. The van der Waals surface area contributed by atoms with Gasteiger partial charge in [-0.25, -0.2) is 0 Å². The molecule has 1 amide bonds. The molecule has 18 heavy (non-hydrogen) atoms. The number of benzene rings is 1. The smallest absolute Gasteiger partial charge is 0.219 e. The van der Waals surface area contributed by atoms with Crippen LogP contribution in [0.4, 0.5) is 0 Å². The maximum atomic E-state index is 11.1. The topological polar surface area (TPSA) is 55.1 Å². The molecule has 1 aliphatic rings. The molecule has 1 atom stereocenters. The van der Waals surface area contributed by atoms with Crippen molar-refractivity contribution in [3.63, 3.8) is 0 Å². The molecule has 3 heteroatoms. The van der Waals surface area contributed by atoms with Crippen LogP contribution >= 0.6 is 0 Å². The average Bonchev–Trinajstić information content (AvgIpc) is 3.18. The Hall–Kier alpha value is -1.35. The molecule has 0 radical (unpaired) electrons. The van der Waals surface area contributed by atoms with Crippen molar-refractivity contribution >= 4 is 5.91 Å². The second-order valence-corrected chi connectivity index (χ2v) is 5.12. The van der Waals surface area contributed by atoms with Crippen LogP contribution in [0.2, 0.25) is 0 Å². The number of amides is 1. The van der Waals surface area contributed by atoms with E-state index in [2.05, 4.69) is 36.5 Å². The molecule has 2 rings (SSSR count). The second kappa shape index (κ2) is 6.01. The van der Waals surface area contributed by atoms with E-state index in [1.165, 1.54) is 18.4 Å². The van der Waals surface area contributed by atoms with Crippen LogP contribution < -0.4 is 11.1 Å². The van der Waals surface area contributed by atoms with E-state index in [-0.39, 0.29) is 11.9 Å². The Morgan fingerprint density at radius 1 is 1.39 bits per heavy atom. The van der Waals surface area contributed by atoms with Crippen molar-refractivity contribution in [1.82, 2.24) is 5.32 Å². The Kier molecular flexibility index (Phi) is 4.37. The van der Waals surface area contributed by atoms with E-state index in [9.17, 15) is 4.79 Å². The summed E-state index contributed by atoms with van der Waals surface area (Å²) in [5.41, 5.74) is 7.89. The number of nitrogens with two attached hydrogens (primary N) is 1. The summed E-state index contributed by atoms with van der Waals surface area (Å²) in [4.78, 5) is 11.1. The number of hydrogen-bond donors (Lipinski definition) is 2. The summed E-state index contributed by atoms with van der Waals surface area (Å²) in [5, 5.41) is 3.38. The Morgan fingerprint density at radius 3 is 2.56 bits per heavy atom. The quantitative estimate of drug-likeness (QED) is 0.776. The van der Waals surface area contributed by atoms with Crippen LogP contribution in [0.1, 0.15) is 55.7 Å². The largest absolute Gasteiger partial charge is 0.370 e. The normalized spacial score (nSPS) is 16.5. The third-order valence-corrected chi connectivity index (χ3v) is 3.43. The third kappa shape index (κ3) is 3.57. The Bertz CT molecular complexity index is 395. The first-order valence-electron chi connectivity index (χ1n) is 6.82. The first-order valence-corrected chi connectivity index (χ1v) is 6.82. The highest BCUT2D eigenvalue weighted by Crippen LogP contribution is 2.40. The van der Waals surface area contributed by atoms with Crippen LogP contribution in [-0.2, 0) is 4.79 Å². The fourth-order valence-corrected chi connectivity index (χ4v) is 2.24. The molecule has 1 aromatic carbocycles. The lowest BCUT2D eigenvalue weighted by molar-refractivity contribution is -0.118. The summed E-state index contributed by atoms with van der Waals surface area (Å²) in [6.07, 6.45) is 4.05. The minimum absolute atomic E-state index is 0.0516. The number of nitrogens with one attached hydrogen (secondary N) is 1. The Balaban J connectivity index is 2.05. The molecule has 98 valence electrons. The fourth-order valence-electron chi connectivity index (χ4n) is 2.24. The predicted octanol–water partition coefficient (Wildman–Crippen LogP) is 2.48. The summed E-state index contributed by atoms with van der Waals surface area (Å²) in [6, 6.07) is 8.69. The number of hydrogen-bond acceptors (Lipinski definition) is 2. The van der Waals surface area contributed by atoms with E-state index < -0.39 is 0 Å². The standard InChI is InChI=1S/C15H22N2O/c1-2-9-17-14(10-15(16)18)13-7-5-12(6-8-13)11-3-4-11/h5-8,11,14,17H,2-4,9-10H2,1H3,(H2,16,18). The van der Waals surface area contributed by atoms with Crippen molar-refractivity contribution in [2.75, 3.05) is 6.54 Å². The fraction of sp³-hybridized carbons (Fsp3) is 0.533. The van der Waals surface area contributed by atoms with Gasteiger partial charge in [-0.05, 0) is 42.9 Å². The first kappa shape index (κ1) is 13.1. The molecule has 1 aromatic rings. The van der Waals surface area contributed by atoms with Crippen LogP contribution in [0.15, 0.2) is 24.3 Å².